The van der Waals surface area contributed by atoms with E-state index in [2.05, 4.69) is 0 Å². The maximum Gasteiger partial charge on any atom is 0.489 e. The molecular weight excluding hydrogens is 193 g/mol. The van der Waals surface area contributed by atoms with Crippen LogP contribution in [0.5, 0.6) is 0 Å². The van der Waals surface area contributed by atoms with Crippen molar-refractivity contribution in [1.82, 2.24) is 4.90 Å². The maximum atomic E-state index is 11.8. The van der Waals surface area contributed by atoms with Gasteiger partial charge in [-0.2, -0.15) is 0 Å². The number of rotatable bonds is 3. The molecule has 0 aliphatic heterocycles. The van der Waals surface area contributed by atoms with Crippen molar-refractivity contribution >= 4 is 18.5 Å². The average molecular weight is 207 g/mol. The van der Waals surface area contributed by atoms with Crippen LogP contribution in [0, 0.1) is 0 Å². The molecule has 15 heavy (non-hydrogen) atoms. The molecule has 0 unspecified atom stereocenters. The van der Waals surface area contributed by atoms with Gasteiger partial charge < -0.3 is 14.9 Å². The molecule has 0 bridgehead atoms. The summed E-state index contributed by atoms with van der Waals surface area (Å²) >= 11 is 0. The summed E-state index contributed by atoms with van der Waals surface area (Å²) in [5.41, 5.74) is 0.569. The molecule has 0 aliphatic rings. The van der Waals surface area contributed by atoms with E-state index >= 15 is 0 Å². The molecule has 5 heteroatoms. The molecule has 0 fully saturated rings. The summed E-state index contributed by atoms with van der Waals surface area (Å²) in [6, 6.07) is 6.48. The molecule has 1 aromatic rings. The number of hydrogen-bond donors (Lipinski definition) is 2. The summed E-state index contributed by atoms with van der Waals surface area (Å²) in [5.74, 6) is -0.207. The number of benzene rings is 1. The van der Waals surface area contributed by atoms with Crippen LogP contribution in [0.3, 0.4) is 0 Å². The predicted octanol–water partition coefficient (Wildman–Crippen LogP) is -0.542. The third-order valence-electron chi connectivity index (χ3n) is 2.29. The molecule has 0 atom stereocenters. The van der Waals surface area contributed by atoms with Gasteiger partial charge in [0.15, 0.2) is 0 Å². The van der Waals surface area contributed by atoms with E-state index in [1.54, 1.807) is 25.2 Å². The summed E-state index contributed by atoms with van der Waals surface area (Å²) in [6.45, 7) is 2.44. The fourth-order valence-corrected chi connectivity index (χ4v) is 1.27. The first-order chi connectivity index (χ1) is 7.07. The lowest BCUT2D eigenvalue weighted by atomic mass is 9.77. The molecule has 0 saturated carbocycles. The molecule has 80 valence electrons. The highest BCUT2D eigenvalue weighted by Crippen LogP contribution is 2.01. The van der Waals surface area contributed by atoms with Gasteiger partial charge in [-0.1, -0.05) is 18.2 Å². The Morgan fingerprint density at radius 1 is 1.40 bits per heavy atom. The number of hydrogen-bond acceptors (Lipinski definition) is 3. The van der Waals surface area contributed by atoms with Crippen LogP contribution in [0.25, 0.3) is 0 Å². The zero-order valence-electron chi connectivity index (χ0n) is 8.84. The van der Waals surface area contributed by atoms with Gasteiger partial charge in [0.2, 0.25) is 0 Å². The number of amides is 1. The highest BCUT2D eigenvalue weighted by atomic mass is 16.4. The fraction of sp³-hybridized carbons (Fsp3) is 0.300. The highest BCUT2D eigenvalue weighted by Gasteiger charge is 2.21. The fourth-order valence-electron chi connectivity index (χ4n) is 1.27. The second-order valence-electron chi connectivity index (χ2n) is 3.28. The summed E-state index contributed by atoms with van der Waals surface area (Å²) in [5, 5.41) is 18.2. The zero-order chi connectivity index (χ0) is 11.4. The van der Waals surface area contributed by atoms with Crippen molar-refractivity contribution in [2.45, 2.75) is 6.92 Å². The third-order valence-corrected chi connectivity index (χ3v) is 2.29. The second kappa shape index (κ2) is 4.95. The number of nitrogens with zero attached hydrogens (tertiary/aromatic N) is 1. The lowest BCUT2D eigenvalue weighted by molar-refractivity contribution is 0.0803. The Balaban J connectivity index is 3.08. The van der Waals surface area contributed by atoms with Crippen LogP contribution in [-0.2, 0) is 0 Å². The van der Waals surface area contributed by atoms with Gasteiger partial charge in [0, 0.05) is 19.2 Å². The van der Waals surface area contributed by atoms with Gasteiger partial charge in [-0.25, -0.2) is 0 Å². The van der Waals surface area contributed by atoms with Crippen LogP contribution in [0.4, 0.5) is 0 Å². The summed E-state index contributed by atoms with van der Waals surface area (Å²) in [6.07, 6.45) is 0. The van der Waals surface area contributed by atoms with Crippen LogP contribution < -0.4 is 5.46 Å². The molecule has 0 spiro atoms. The van der Waals surface area contributed by atoms with Crippen LogP contribution in [0.2, 0.25) is 0 Å². The van der Waals surface area contributed by atoms with E-state index in [4.69, 9.17) is 10.0 Å². The third kappa shape index (κ3) is 2.58. The van der Waals surface area contributed by atoms with Crippen molar-refractivity contribution in [2.75, 3.05) is 13.6 Å². The van der Waals surface area contributed by atoms with Gasteiger partial charge in [0.25, 0.3) is 5.91 Å². The Morgan fingerprint density at radius 2 is 2.00 bits per heavy atom. The minimum atomic E-state index is -1.62. The second-order valence-corrected chi connectivity index (χ2v) is 3.28. The smallest absolute Gasteiger partial charge is 0.423 e. The molecular formula is C10H14BNO3. The van der Waals surface area contributed by atoms with E-state index in [0.717, 1.165) is 0 Å². The molecule has 0 saturated heterocycles. The molecule has 4 nitrogen and oxygen atoms in total. The maximum absolute atomic E-state index is 11.8. The van der Waals surface area contributed by atoms with E-state index in [9.17, 15) is 4.79 Å². The Kier molecular flexibility index (Phi) is 3.88. The van der Waals surface area contributed by atoms with Gasteiger partial charge in [-0.15, -0.1) is 0 Å². The van der Waals surface area contributed by atoms with Gasteiger partial charge in [-0.3, -0.25) is 4.79 Å². The molecule has 0 aliphatic carbocycles. The minimum Gasteiger partial charge on any atom is -0.423 e. The van der Waals surface area contributed by atoms with Crippen molar-refractivity contribution in [3.63, 3.8) is 0 Å². The lowest BCUT2D eigenvalue weighted by Gasteiger charge is -2.16. The normalized spacial score (nSPS) is 9.87. The first-order valence-corrected chi connectivity index (χ1v) is 4.78. The summed E-state index contributed by atoms with van der Waals surface area (Å²) in [4.78, 5) is 13.3. The molecule has 1 aromatic carbocycles. The van der Waals surface area contributed by atoms with Crippen molar-refractivity contribution in [2.24, 2.45) is 0 Å². The molecule has 2 N–H and O–H groups in total. The molecule has 1 rings (SSSR count). The molecule has 0 radical (unpaired) electrons. The summed E-state index contributed by atoms with van der Waals surface area (Å²) < 4.78 is 0. The van der Waals surface area contributed by atoms with Gasteiger partial charge >= 0.3 is 7.12 Å². The van der Waals surface area contributed by atoms with Gasteiger partial charge in [0.1, 0.15) is 0 Å². The Labute approximate surface area is 89.3 Å². The van der Waals surface area contributed by atoms with Crippen LogP contribution >= 0.6 is 0 Å². The van der Waals surface area contributed by atoms with Crippen molar-refractivity contribution in [1.29, 1.82) is 0 Å². The quantitative estimate of drug-likeness (QED) is 0.654. The topological polar surface area (TPSA) is 60.8 Å². The van der Waals surface area contributed by atoms with Crippen molar-refractivity contribution in [3.05, 3.63) is 29.8 Å². The summed E-state index contributed by atoms with van der Waals surface area (Å²) in [7, 11) is 0.0541. The highest BCUT2D eigenvalue weighted by molar-refractivity contribution is 6.60. The van der Waals surface area contributed by atoms with E-state index in [1.807, 2.05) is 6.92 Å². The Hall–Kier alpha value is -1.33. The minimum absolute atomic E-state index is 0.207. The van der Waals surface area contributed by atoms with E-state index in [0.29, 0.717) is 12.1 Å². The van der Waals surface area contributed by atoms with Gasteiger partial charge in [0.05, 0.1) is 0 Å². The lowest BCUT2D eigenvalue weighted by Crippen LogP contribution is -2.38. The first-order valence-electron chi connectivity index (χ1n) is 4.78. The van der Waals surface area contributed by atoms with Crippen LogP contribution in [0.15, 0.2) is 24.3 Å². The number of carbonyl (C=O) groups excluding carboxylic acids is 1. The zero-order valence-corrected chi connectivity index (χ0v) is 8.84. The molecule has 0 aromatic heterocycles. The van der Waals surface area contributed by atoms with E-state index in [1.165, 1.54) is 11.0 Å². The molecule has 1 amide bonds. The van der Waals surface area contributed by atoms with E-state index < -0.39 is 7.12 Å². The number of carbonyl (C=O) groups is 1. The first kappa shape index (κ1) is 11.7. The monoisotopic (exact) mass is 207 g/mol. The Morgan fingerprint density at radius 3 is 2.53 bits per heavy atom. The largest absolute Gasteiger partial charge is 0.489 e. The van der Waals surface area contributed by atoms with Gasteiger partial charge in [-0.05, 0) is 18.5 Å². The van der Waals surface area contributed by atoms with Crippen LogP contribution in [0.1, 0.15) is 17.3 Å². The molecule has 0 heterocycles. The Bertz CT molecular complexity index is 354. The van der Waals surface area contributed by atoms with Crippen molar-refractivity contribution < 1.29 is 14.8 Å². The SMILES string of the molecule is CCN(C)C(=O)c1ccccc1B(O)O. The average Bonchev–Trinajstić information content (AvgIpc) is 2.27. The van der Waals surface area contributed by atoms with E-state index in [-0.39, 0.29) is 11.4 Å². The van der Waals surface area contributed by atoms with Crippen LogP contribution in [-0.4, -0.2) is 41.6 Å². The van der Waals surface area contributed by atoms with Crippen molar-refractivity contribution in [3.8, 4) is 0 Å². The standard InChI is InChI=1S/C10H14BNO3/c1-3-12(2)10(13)8-6-4-5-7-9(8)11(14)15/h4-7,14-15H,3H2,1-2H3. The predicted molar refractivity (Wildman–Crippen MR) is 58.9 cm³/mol.